The van der Waals surface area contributed by atoms with Crippen molar-refractivity contribution in [3.05, 3.63) is 34.9 Å². The minimum absolute atomic E-state index is 0.0960. The van der Waals surface area contributed by atoms with Gasteiger partial charge in [0.25, 0.3) is 0 Å². The number of halogens is 1. The zero-order valence-corrected chi connectivity index (χ0v) is 11.9. The zero-order valence-electron chi connectivity index (χ0n) is 11.2. The molecule has 0 aliphatic rings. The second-order valence-electron chi connectivity index (χ2n) is 4.30. The van der Waals surface area contributed by atoms with Gasteiger partial charge in [0.05, 0.1) is 6.61 Å². The number of ether oxygens (including phenoxy) is 1. The van der Waals surface area contributed by atoms with Gasteiger partial charge >= 0.3 is 5.97 Å². The second kappa shape index (κ2) is 8.70. The van der Waals surface area contributed by atoms with Gasteiger partial charge in [0.15, 0.2) is 5.78 Å². The Morgan fingerprint density at radius 2 is 1.89 bits per heavy atom. The van der Waals surface area contributed by atoms with Crippen LogP contribution in [0, 0.1) is 0 Å². The standard InChI is InChI=1S/C15H19ClO3/c1-2-19-15(18)10-5-3-4-9-14(17)12-7-6-8-13(16)11-12/h6-8,11H,2-5,9-10H2,1H3. The summed E-state index contributed by atoms with van der Waals surface area (Å²) in [5, 5.41) is 0.577. The third kappa shape index (κ3) is 6.39. The molecule has 0 N–H and O–H groups in total. The van der Waals surface area contributed by atoms with Gasteiger partial charge in [-0.1, -0.05) is 30.2 Å². The Balaban J connectivity index is 2.19. The van der Waals surface area contributed by atoms with Crippen molar-refractivity contribution in [1.82, 2.24) is 0 Å². The fourth-order valence-corrected chi connectivity index (χ4v) is 1.96. The molecule has 0 aromatic heterocycles. The first kappa shape index (κ1) is 15.7. The summed E-state index contributed by atoms with van der Waals surface area (Å²) in [5.41, 5.74) is 0.651. The third-order valence-corrected chi connectivity index (χ3v) is 2.97. The van der Waals surface area contributed by atoms with Crippen LogP contribution in [0.5, 0.6) is 0 Å². The first-order valence-corrected chi connectivity index (χ1v) is 6.95. The Morgan fingerprint density at radius 3 is 2.58 bits per heavy atom. The molecule has 0 spiro atoms. The van der Waals surface area contributed by atoms with Crippen LogP contribution in [-0.2, 0) is 9.53 Å². The molecule has 0 amide bonds. The van der Waals surface area contributed by atoms with Crippen molar-refractivity contribution < 1.29 is 14.3 Å². The van der Waals surface area contributed by atoms with E-state index in [0.717, 1.165) is 19.3 Å². The fraction of sp³-hybridized carbons (Fsp3) is 0.467. The van der Waals surface area contributed by atoms with E-state index < -0.39 is 0 Å². The van der Waals surface area contributed by atoms with E-state index in [9.17, 15) is 9.59 Å². The largest absolute Gasteiger partial charge is 0.466 e. The number of carbonyl (C=O) groups excluding carboxylic acids is 2. The molecule has 19 heavy (non-hydrogen) atoms. The Kier molecular flexibility index (Phi) is 7.19. The highest BCUT2D eigenvalue weighted by Gasteiger charge is 2.06. The molecule has 0 saturated carbocycles. The van der Waals surface area contributed by atoms with Gasteiger partial charge in [0, 0.05) is 23.4 Å². The second-order valence-corrected chi connectivity index (χ2v) is 4.74. The maximum Gasteiger partial charge on any atom is 0.305 e. The highest BCUT2D eigenvalue weighted by molar-refractivity contribution is 6.31. The van der Waals surface area contributed by atoms with E-state index in [2.05, 4.69) is 0 Å². The maximum atomic E-state index is 11.8. The Labute approximate surface area is 118 Å². The van der Waals surface area contributed by atoms with Crippen molar-refractivity contribution in [3.8, 4) is 0 Å². The van der Waals surface area contributed by atoms with E-state index in [-0.39, 0.29) is 11.8 Å². The number of esters is 1. The predicted molar refractivity (Wildman–Crippen MR) is 75.5 cm³/mol. The lowest BCUT2D eigenvalue weighted by molar-refractivity contribution is -0.143. The Hall–Kier alpha value is -1.35. The lowest BCUT2D eigenvalue weighted by Crippen LogP contribution is -2.03. The van der Waals surface area contributed by atoms with Gasteiger partial charge in [-0.05, 0) is 31.9 Å². The summed E-state index contributed by atoms with van der Waals surface area (Å²) in [6.45, 7) is 2.22. The molecule has 0 heterocycles. The number of Topliss-reactive ketones (excluding diaryl/α,β-unsaturated/α-hetero) is 1. The van der Waals surface area contributed by atoms with E-state index >= 15 is 0 Å². The Morgan fingerprint density at radius 1 is 1.16 bits per heavy atom. The molecular weight excluding hydrogens is 264 g/mol. The van der Waals surface area contributed by atoms with Crippen LogP contribution < -0.4 is 0 Å². The molecule has 0 saturated heterocycles. The Bertz CT molecular complexity index is 429. The molecule has 104 valence electrons. The molecule has 1 aromatic rings. The third-order valence-electron chi connectivity index (χ3n) is 2.74. The molecule has 0 aliphatic carbocycles. The van der Waals surface area contributed by atoms with Gasteiger partial charge in [-0.3, -0.25) is 9.59 Å². The average molecular weight is 283 g/mol. The fourth-order valence-electron chi connectivity index (χ4n) is 1.77. The van der Waals surface area contributed by atoms with Crippen molar-refractivity contribution in [3.63, 3.8) is 0 Å². The molecule has 0 radical (unpaired) electrons. The van der Waals surface area contributed by atoms with E-state index in [4.69, 9.17) is 16.3 Å². The summed E-state index contributed by atoms with van der Waals surface area (Å²) in [4.78, 5) is 22.9. The van der Waals surface area contributed by atoms with Crippen LogP contribution in [0.1, 0.15) is 49.4 Å². The number of benzene rings is 1. The SMILES string of the molecule is CCOC(=O)CCCCCC(=O)c1cccc(Cl)c1. The number of hydrogen-bond acceptors (Lipinski definition) is 3. The van der Waals surface area contributed by atoms with Gasteiger partial charge in [0.1, 0.15) is 0 Å². The smallest absolute Gasteiger partial charge is 0.305 e. The lowest BCUT2D eigenvalue weighted by Gasteiger charge is -2.03. The summed E-state index contributed by atoms with van der Waals surface area (Å²) < 4.78 is 4.83. The topological polar surface area (TPSA) is 43.4 Å². The van der Waals surface area contributed by atoms with Crippen molar-refractivity contribution in [2.45, 2.75) is 39.0 Å². The van der Waals surface area contributed by atoms with Crippen LogP contribution in [0.2, 0.25) is 5.02 Å². The summed E-state index contributed by atoms with van der Waals surface area (Å²) >= 11 is 5.83. The first-order valence-electron chi connectivity index (χ1n) is 6.58. The molecule has 3 nitrogen and oxygen atoms in total. The van der Waals surface area contributed by atoms with Crippen molar-refractivity contribution >= 4 is 23.4 Å². The van der Waals surface area contributed by atoms with Crippen LogP contribution in [-0.4, -0.2) is 18.4 Å². The summed E-state index contributed by atoms with van der Waals surface area (Å²) in [6.07, 6.45) is 3.32. The van der Waals surface area contributed by atoms with E-state index in [0.29, 0.717) is 30.0 Å². The molecule has 0 bridgehead atoms. The summed E-state index contributed by atoms with van der Waals surface area (Å²) in [6, 6.07) is 6.98. The molecule has 1 rings (SSSR count). The van der Waals surface area contributed by atoms with Gasteiger partial charge in [0.2, 0.25) is 0 Å². The van der Waals surface area contributed by atoms with Crippen LogP contribution in [0.25, 0.3) is 0 Å². The molecule has 4 heteroatoms. The summed E-state index contributed by atoms with van der Waals surface area (Å²) in [5.74, 6) is -0.0673. The van der Waals surface area contributed by atoms with Crippen LogP contribution in [0.15, 0.2) is 24.3 Å². The highest BCUT2D eigenvalue weighted by Crippen LogP contribution is 2.14. The highest BCUT2D eigenvalue weighted by atomic mass is 35.5. The van der Waals surface area contributed by atoms with Gasteiger partial charge < -0.3 is 4.74 Å². The normalized spacial score (nSPS) is 10.2. The molecule has 0 aliphatic heterocycles. The lowest BCUT2D eigenvalue weighted by atomic mass is 10.0. The van der Waals surface area contributed by atoms with Gasteiger partial charge in [-0.25, -0.2) is 0 Å². The molecule has 0 atom stereocenters. The van der Waals surface area contributed by atoms with Gasteiger partial charge in [-0.15, -0.1) is 0 Å². The average Bonchev–Trinajstić information content (AvgIpc) is 2.38. The van der Waals surface area contributed by atoms with Crippen LogP contribution in [0.4, 0.5) is 0 Å². The quantitative estimate of drug-likeness (QED) is 0.411. The van der Waals surface area contributed by atoms with Crippen LogP contribution in [0.3, 0.4) is 0 Å². The number of carbonyl (C=O) groups is 2. The first-order chi connectivity index (χ1) is 9.13. The minimum atomic E-state index is -0.163. The monoisotopic (exact) mass is 282 g/mol. The van der Waals surface area contributed by atoms with Crippen molar-refractivity contribution in [1.29, 1.82) is 0 Å². The molecule has 0 unspecified atom stereocenters. The maximum absolute atomic E-state index is 11.8. The van der Waals surface area contributed by atoms with Crippen LogP contribution >= 0.6 is 11.6 Å². The number of unbranched alkanes of at least 4 members (excludes halogenated alkanes) is 2. The summed E-state index contributed by atoms with van der Waals surface area (Å²) in [7, 11) is 0. The molecule has 1 aromatic carbocycles. The van der Waals surface area contributed by atoms with E-state index in [1.165, 1.54) is 0 Å². The van der Waals surface area contributed by atoms with E-state index in [1.54, 1.807) is 31.2 Å². The zero-order chi connectivity index (χ0) is 14.1. The minimum Gasteiger partial charge on any atom is -0.466 e. The molecule has 0 fully saturated rings. The number of hydrogen-bond donors (Lipinski definition) is 0. The van der Waals surface area contributed by atoms with Crippen molar-refractivity contribution in [2.75, 3.05) is 6.61 Å². The van der Waals surface area contributed by atoms with Crippen molar-refractivity contribution in [2.24, 2.45) is 0 Å². The van der Waals surface area contributed by atoms with E-state index in [1.807, 2.05) is 0 Å². The van der Waals surface area contributed by atoms with Gasteiger partial charge in [-0.2, -0.15) is 0 Å². The number of rotatable bonds is 8. The molecular formula is C15H19ClO3. The number of ketones is 1. The predicted octanol–water partition coefficient (Wildman–Crippen LogP) is 4.04.